The molecule has 7 heteroatoms. The maximum atomic E-state index is 12.7. The van der Waals surface area contributed by atoms with Gasteiger partial charge in [0.1, 0.15) is 17.3 Å². The predicted molar refractivity (Wildman–Crippen MR) is 67.2 cm³/mol. The number of carboxylic acids is 1. The summed E-state index contributed by atoms with van der Waals surface area (Å²) in [6.45, 7) is 0. The van der Waals surface area contributed by atoms with Gasteiger partial charge >= 0.3 is 5.97 Å². The zero-order valence-electron chi connectivity index (χ0n) is 10.0. The van der Waals surface area contributed by atoms with Gasteiger partial charge in [0, 0.05) is 0 Å². The largest absolute Gasteiger partial charge is 0.508 e. The van der Waals surface area contributed by atoms with Crippen LogP contribution in [-0.4, -0.2) is 27.1 Å². The fraction of sp³-hybridized carbons (Fsp3) is 0. The Kier molecular flexibility index (Phi) is 3.60. The van der Waals surface area contributed by atoms with Crippen LogP contribution in [0.5, 0.6) is 5.75 Å². The van der Waals surface area contributed by atoms with Crippen LogP contribution in [0.3, 0.4) is 0 Å². The number of carboxylic acid groups (broad SMARTS) is 1. The second kappa shape index (κ2) is 5.35. The standard InChI is InChI=1S/C13H9FN2O4/c14-7-1-3-11(15-6-7)12(18)16-10-4-2-8(17)5-9(10)13(19)20/h1-6,17H,(H,16,18)(H,19,20). The van der Waals surface area contributed by atoms with Crippen molar-refractivity contribution >= 4 is 17.6 Å². The first-order valence-corrected chi connectivity index (χ1v) is 5.46. The van der Waals surface area contributed by atoms with Crippen molar-refractivity contribution in [3.8, 4) is 5.75 Å². The number of amides is 1. The Labute approximate surface area is 112 Å². The molecule has 2 aromatic rings. The summed E-state index contributed by atoms with van der Waals surface area (Å²) in [5, 5.41) is 20.6. The number of benzene rings is 1. The van der Waals surface area contributed by atoms with E-state index in [2.05, 4.69) is 10.3 Å². The van der Waals surface area contributed by atoms with Crippen molar-refractivity contribution in [3.05, 3.63) is 53.6 Å². The van der Waals surface area contributed by atoms with Crippen molar-refractivity contribution in [2.24, 2.45) is 0 Å². The molecular formula is C13H9FN2O4. The molecule has 0 aliphatic heterocycles. The van der Waals surface area contributed by atoms with Crippen molar-refractivity contribution < 1.29 is 24.2 Å². The molecule has 0 unspecified atom stereocenters. The molecule has 3 N–H and O–H groups in total. The number of aromatic carboxylic acids is 1. The van der Waals surface area contributed by atoms with Crippen LogP contribution in [-0.2, 0) is 0 Å². The molecule has 1 aromatic heterocycles. The number of halogens is 1. The summed E-state index contributed by atoms with van der Waals surface area (Å²) in [7, 11) is 0. The van der Waals surface area contributed by atoms with Crippen molar-refractivity contribution in [3.63, 3.8) is 0 Å². The number of rotatable bonds is 3. The number of carbonyl (C=O) groups is 2. The van der Waals surface area contributed by atoms with Gasteiger partial charge in [-0.25, -0.2) is 14.2 Å². The van der Waals surface area contributed by atoms with Gasteiger partial charge in [0.05, 0.1) is 17.4 Å². The molecule has 102 valence electrons. The number of anilines is 1. The fourth-order valence-corrected chi connectivity index (χ4v) is 1.51. The quantitative estimate of drug-likeness (QED) is 0.743. The SMILES string of the molecule is O=C(Nc1ccc(O)cc1C(=O)O)c1ccc(F)cn1. The number of phenols is 1. The maximum Gasteiger partial charge on any atom is 0.337 e. The molecule has 1 aromatic carbocycles. The number of pyridine rings is 1. The van der Waals surface area contributed by atoms with E-state index in [4.69, 9.17) is 5.11 Å². The topological polar surface area (TPSA) is 99.5 Å². The lowest BCUT2D eigenvalue weighted by molar-refractivity contribution is 0.0697. The van der Waals surface area contributed by atoms with Gasteiger partial charge in [0.2, 0.25) is 0 Å². The van der Waals surface area contributed by atoms with Crippen LogP contribution in [0.4, 0.5) is 10.1 Å². The monoisotopic (exact) mass is 276 g/mol. The molecule has 20 heavy (non-hydrogen) atoms. The Hall–Kier alpha value is -2.96. The minimum absolute atomic E-state index is 0.00595. The molecular weight excluding hydrogens is 267 g/mol. The maximum absolute atomic E-state index is 12.7. The Bertz CT molecular complexity index is 671. The molecule has 0 saturated carbocycles. The molecule has 1 amide bonds. The highest BCUT2D eigenvalue weighted by molar-refractivity contribution is 6.06. The average molecular weight is 276 g/mol. The number of nitrogens with one attached hydrogen (secondary N) is 1. The van der Waals surface area contributed by atoms with Crippen LogP contribution in [0.1, 0.15) is 20.8 Å². The van der Waals surface area contributed by atoms with Gasteiger partial charge in [0.15, 0.2) is 0 Å². The van der Waals surface area contributed by atoms with E-state index < -0.39 is 17.7 Å². The van der Waals surface area contributed by atoms with Crippen LogP contribution < -0.4 is 5.32 Å². The highest BCUT2D eigenvalue weighted by atomic mass is 19.1. The highest BCUT2D eigenvalue weighted by Crippen LogP contribution is 2.21. The number of nitrogens with zero attached hydrogens (tertiary/aromatic N) is 1. The van der Waals surface area contributed by atoms with Crippen LogP contribution in [0.25, 0.3) is 0 Å². The summed E-state index contributed by atoms with van der Waals surface area (Å²) in [6.07, 6.45) is 0.879. The third-order valence-corrected chi connectivity index (χ3v) is 2.44. The van der Waals surface area contributed by atoms with Crippen LogP contribution in [0.2, 0.25) is 0 Å². The lowest BCUT2D eigenvalue weighted by atomic mass is 10.1. The minimum Gasteiger partial charge on any atom is -0.508 e. The Morgan fingerprint density at radius 2 is 1.95 bits per heavy atom. The van der Waals surface area contributed by atoms with E-state index in [0.29, 0.717) is 0 Å². The zero-order valence-corrected chi connectivity index (χ0v) is 10.0. The van der Waals surface area contributed by atoms with Crippen molar-refractivity contribution in [1.29, 1.82) is 0 Å². The smallest absolute Gasteiger partial charge is 0.337 e. The van der Waals surface area contributed by atoms with Gasteiger partial charge in [0.25, 0.3) is 5.91 Å². The van der Waals surface area contributed by atoms with E-state index in [9.17, 15) is 19.1 Å². The molecule has 0 bridgehead atoms. The fourth-order valence-electron chi connectivity index (χ4n) is 1.51. The minimum atomic E-state index is -1.30. The predicted octanol–water partition coefficient (Wildman–Crippen LogP) is 1.88. The van der Waals surface area contributed by atoms with Gasteiger partial charge in [-0.2, -0.15) is 0 Å². The first-order valence-electron chi connectivity index (χ1n) is 5.46. The molecule has 2 rings (SSSR count). The van der Waals surface area contributed by atoms with E-state index in [1.165, 1.54) is 18.2 Å². The van der Waals surface area contributed by atoms with E-state index >= 15 is 0 Å². The number of carbonyl (C=O) groups excluding carboxylic acids is 1. The van der Waals surface area contributed by atoms with Crippen LogP contribution in [0, 0.1) is 5.82 Å². The van der Waals surface area contributed by atoms with E-state index in [-0.39, 0.29) is 22.7 Å². The van der Waals surface area contributed by atoms with Gasteiger partial charge in [-0.05, 0) is 30.3 Å². The van der Waals surface area contributed by atoms with Gasteiger partial charge in [-0.1, -0.05) is 0 Å². The van der Waals surface area contributed by atoms with Crippen molar-refractivity contribution in [2.45, 2.75) is 0 Å². The van der Waals surface area contributed by atoms with Crippen LogP contribution in [0.15, 0.2) is 36.5 Å². The third kappa shape index (κ3) is 2.89. The second-order valence-corrected chi connectivity index (χ2v) is 3.85. The van der Waals surface area contributed by atoms with Gasteiger partial charge in [-0.15, -0.1) is 0 Å². The van der Waals surface area contributed by atoms with E-state index in [1.807, 2.05) is 0 Å². The lowest BCUT2D eigenvalue weighted by Gasteiger charge is -2.08. The number of phenolic OH excluding ortho intramolecular Hbond substituents is 1. The van der Waals surface area contributed by atoms with E-state index in [0.717, 1.165) is 18.3 Å². The van der Waals surface area contributed by atoms with Gasteiger partial charge < -0.3 is 15.5 Å². The molecule has 6 nitrogen and oxygen atoms in total. The van der Waals surface area contributed by atoms with Crippen molar-refractivity contribution in [1.82, 2.24) is 4.98 Å². The summed E-state index contributed by atoms with van der Waals surface area (Å²) in [5.41, 5.74) is -0.317. The highest BCUT2D eigenvalue weighted by Gasteiger charge is 2.15. The molecule has 0 spiro atoms. The number of aromatic hydroxyl groups is 1. The molecule has 0 saturated heterocycles. The molecule has 0 atom stereocenters. The number of aromatic nitrogens is 1. The summed E-state index contributed by atoms with van der Waals surface area (Å²) >= 11 is 0. The molecule has 0 aliphatic carbocycles. The summed E-state index contributed by atoms with van der Waals surface area (Å²) < 4.78 is 12.7. The normalized spacial score (nSPS) is 10.1. The number of hydrogen-bond acceptors (Lipinski definition) is 4. The Morgan fingerprint density at radius 3 is 2.55 bits per heavy atom. The summed E-state index contributed by atoms with van der Waals surface area (Å²) in [5.74, 6) is -2.81. The van der Waals surface area contributed by atoms with E-state index in [1.54, 1.807) is 0 Å². The molecule has 0 radical (unpaired) electrons. The van der Waals surface area contributed by atoms with Crippen LogP contribution >= 0.6 is 0 Å². The summed E-state index contributed by atoms with van der Waals surface area (Å²) in [4.78, 5) is 26.4. The summed E-state index contributed by atoms with van der Waals surface area (Å²) in [6, 6.07) is 5.73. The lowest BCUT2D eigenvalue weighted by Crippen LogP contribution is -2.16. The Morgan fingerprint density at radius 1 is 1.20 bits per heavy atom. The molecule has 0 aliphatic rings. The van der Waals surface area contributed by atoms with Crippen molar-refractivity contribution in [2.75, 3.05) is 5.32 Å². The Balaban J connectivity index is 2.28. The van der Waals surface area contributed by atoms with Gasteiger partial charge in [-0.3, -0.25) is 4.79 Å². The molecule has 1 heterocycles. The first kappa shape index (κ1) is 13.5. The first-order chi connectivity index (χ1) is 9.47. The second-order valence-electron chi connectivity index (χ2n) is 3.85. The molecule has 0 fully saturated rings. The zero-order chi connectivity index (χ0) is 14.7. The number of hydrogen-bond donors (Lipinski definition) is 3. The average Bonchev–Trinajstić information content (AvgIpc) is 2.41. The third-order valence-electron chi connectivity index (χ3n) is 2.44.